The number of carbonyl (C=O) groups is 2. The molecule has 1 aromatic heterocycles. The van der Waals surface area contributed by atoms with Gasteiger partial charge in [0.2, 0.25) is 0 Å². The summed E-state index contributed by atoms with van der Waals surface area (Å²) in [5.74, 6) is -1.49. The SMILES string of the molecule is O=C(Oc1ccccc1C=NNC(=O)c1[nH]c2ccc(Br)cc2c1-c1ccccc1Cl)c1cccc(C(F)(F)F)c1. The number of benzene rings is 4. The molecule has 0 aliphatic heterocycles. The summed E-state index contributed by atoms with van der Waals surface area (Å²) in [4.78, 5) is 29.0. The predicted octanol–water partition coefficient (Wildman–Crippen LogP) is 8.25. The summed E-state index contributed by atoms with van der Waals surface area (Å²) in [6.45, 7) is 0. The third kappa shape index (κ3) is 6.18. The smallest absolute Gasteiger partial charge is 0.416 e. The molecule has 11 heteroatoms. The molecule has 206 valence electrons. The lowest BCUT2D eigenvalue weighted by molar-refractivity contribution is -0.137. The van der Waals surface area contributed by atoms with Crippen LogP contribution in [0.15, 0.2) is 101 Å². The summed E-state index contributed by atoms with van der Waals surface area (Å²) in [6, 6.07) is 22.9. The number of alkyl halides is 3. The normalized spacial score (nSPS) is 11.6. The number of H-pyrrole nitrogens is 1. The van der Waals surface area contributed by atoms with Crippen molar-refractivity contribution in [2.45, 2.75) is 6.18 Å². The highest BCUT2D eigenvalue weighted by Crippen LogP contribution is 2.37. The first-order valence-corrected chi connectivity index (χ1v) is 13.2. The van der Waals surface area contributed by atoms with E-state index >= 15 is 0 Å². The lowest BCUT2D eigenvalue weighted by Crippen LogP contribution is -2.19. The average Bonchev–Trinajstić information content (AvgIpc) is 3.32. The third-order valence-corrected chi connectivity index (χ3v) is 6.87. The van der Waals surface area contributed by atoms with Crippen molar-refractivity contribution >= 4 is 56.5 Å². The number of amides is 1. The van der Waals surface area contributed by atoms with E-state index in [1.165, 1.54) is 18.3 Å². The van der Waals surface area contributed by atoms with E-state index in [0.29, 0.717) is 33.3 Å². The number of aromatic nitrogens is 1. The number of nitrogens with zero attached hydrogens (tertiary/aromatic N) is 1. The molecule has 1 amide bonds. The van der Waals surface area contributed by atoms with Gasteiger partial charge in [0.1, 0.15) is 11.4 Å². The first kappa shape index (κ1) is 28.1. The van der Waals surface area contributed by atoms with E-state index in [9.17, 15) is 22.8 Å². The Hall–Kier alpha value is -4.41. The predicted molar refractivity (Wildman–Crippen MR) is 154 cm³/mol. The van der Waals surface area contributed by atoms with Crippen LogP contribution in [0.2, 0.25) is 5.02 Å². The Morgan fingerprint density at radius 3 is 2.49 bits per heavy atom. The molecule has 5 aromatic rings. The van der Waals surface area contributed by atoms with E-state index in [2.05, 4.69) is 31.4 Å². The monoisotopic (exact) mass is 639 g/mol. The van der Waals surface area contributed by atoms with Crippen LogP contribution < -0.4 is 10.2 Å². The van der Waals surface area contributed by atoms with Crippen molar-refractivity contribution in [3.63, 3.8) is 0 Å². The van der Waals surface area contributed by atoms with Gasteiger partial charge in [-0.1, -0.05) is 63.9 Å². The van der Waals surface area contributed by atoms with Gasteiger partial charge in [0.25, 0.3) is 5.91 Å². The van der Waals surface area contributed by atoms with Crippen LogP contribution in [-0.2, 0) is 6.18 Å². The molecule has 0 aliphatic carbocycles. The van der Waals surface area contributed by atoms with Crippen LogP contribution in [0.25, 0.3) is 22.0 Å². The van der Waals surface area contributed by atoms with Crippen molar-refractivity contribution in [2.75, 3.05) is 0 Å². The molecule has 0 saturated heterocycles. The van der Waals surface area contributed by atoms with Gasteiger partial charge in [0, 0.05) is 37.1 Å². The Morgan fingerprint density at radius 2 is 1.71 bits per heavy atom. The molecular weight excluding hydrogens is 623 g/mol. The Balaban J connectivity index is 1.39. The molecule has 0 bridgehead atoms. The van der Waals surface area contributed by atoms with Gasteiger partial charge in [-0.3, -0.25) is 4.79 Å². The summed E-state index contributed by atoms with van der Waals surface area (Å²) >= 11 is 9.93. The Labute approximate surface area is 244 Å². The van der Waals surface area contributed by atoms with Crippen LogP contribution in [0.4, 0.5) is 13.2 Å². The molecule has 0 unspecified atom stereocenters. The minimum atomic E-state index is -4.60. The minimum Gasteiger partial charge on any atom is -0.422 e. The van der Waals surface area contributed by atoms with Crippen LogP contribution >= 0.6 is 27.5 Å². The Bertz CT molecular complexity index is 1820. The van der Waals surface area contributed by atoms with Crippen LogP contribution in [0.3, 0.4) is 0 Å². The van der Waals surface area contributed by atoms with E-state index in [1.807, 2.05) is 24.3 Å². The molecule has 0 radical (unpaired) electrons. The van der Waals surface area contributed by atoms with Crippen molar-refractivity contribution in [3.8, 4) is 16.9 Å². The van der Waals surface area contributed by atoms with E-state index in [4.69, 9.17) is 16.3 Å². The average molecular weight is 641 g/mol. The van der Waals surface area contributed by atoms with Gasteiger partial charge in [-0.25, -0.2) is 10.2 Å². The van der Waals surface area contributed by atoms with E-state index in [0.717, 1.165) is 22.0 Å². The quantitative estimate of drug-likeness (QED) is 0.0849. The highest BCUT2D eigenvalue weighted by molar-refractivity contribution is 9.10. The summed E-state index contributed by atoms with van der Waals surface area (Å²) in [7, 11) is 0. The second kappa shape index (κ2) is 11.6. The zero-order valence-electron chi connectivity index (χ0n) is 20.8. The summed E-state index contributed by atoms with van der Waals surface area (Å²) in [5, 5.41) is 5.26. The number of para-hydroxylation sites is 1. The van der Waals surface area contributed by atoms with Gasteiger partial charge < -0.3 is 9.72 Å². The van der Waals surface area contributed by atoms with Crippen LogP contribution in [-0.4, -0.2) is 23.1 Å². The summed E-state index contributed by atoms with van der Waals surface area (Å²) < 4.78 is 45.3. The fraction of sp³-hybridized carbons (Fsp3) is 0.0333. The molecule has 2 N–H and O–H groups in total. The number of hydrazone groups is 1. The first-order valence-electron chi connectivity index (χ1n) is 12.0. The van der Waals surface area contributed by atoms with Crippen LogP contribution in [0.5, 0.6) is 5.75 Å². The zero-order valence-corrected chi connectivity index (χ0v) is 23.1. The number of rotatable bonds is 6. The number of esters is 1. The van der Waals surface area contributed by atoms with Gasteiger partial charge in [-0.15, -0.1) is 0 Å². The molecule has 6 nitrogen and oxygen atoms in total. The first-order chi connectivity index (χ1) is 19.6. The van der Waals surface area contributed by atoms with Crippen molar-refractivity contribution in [1.82, 2.24) is 10.4 Å². The number of halogens is 5. The zero-order chi connectivity index (χ0) is 29.1. The summed E-state index contributed by atoms with van der Waals surface area (Å²) in [5.41, 5.74) is 3.73. The number of fused-ring (bicyclic) bond motifs is 1. The van der Waals surface area contributed by atoms with Gasteiger partial charge in [0.05, 0.1) is 17.3 Å². The standard InChI is InChI=1S/C30H18BrClF3N3O3/c31-20-12-13-24-22(15-20)26(21-9-2-3-10-23(21)32)27(37-24)28(39)38-36-16-18-6-1-4-11-25(18)41-29(40)17-7-5-8-19(14-17)30(33,34)35/h1-16,37H,(H,38,39). The molecule has 0 spiro atoms. The third-order valence-electron chi connectivity index (χ3n) is 6.05. The second-order valence-corrected chi connectivity index (χ2v) is 10.1. The van der Waals surface area contributed by atoms with E-state index < -0.39 is 23.6 Å². The van der Waals surface area contributed by atoms with E-state index in [-0.39, 0.29) is 17.0 Å². The number of nitrogens with one attached hydrogen (secondary N) is 2. The largest absolute Gasteiger partial charge is 0.422 e. The topological polar surface area (TPSA) is 83.5 Å². The number of hydrogen-bond acceptors (Lipinski definition) is 4. The number of ether oxygens (including phenoxy) is 1. The van der Waals surface area contributed by atoms with Crippen LogP contribution in [0.1, 0.15) is 32.0 Å². The Kier molecular flexibility index (Phi) is 7.96. The fourth-order valence-corrected chi connectivity index (χ4v) is 4.75. The van der Waals surface area contributed by atoms with Gasteiger partial charge >= 0.3 is 12.1 Å². The van der Waals surface area contributed by atoms with Gasteiger partial charge in [-0.2, -0.15) is 18.3 Å². The number of hydrogen-bond donors (Lipinski definition) is 2. The van der Waals surface area contributed by atoms with Gasteiger partial charge in [0.15, 0.2) is 0 Å². The van der Waals surface area contributed by atoms with Crippen molar-refractivity contribution in [1.29, 1.82) is 0 Å². The van der Waals surface area contributed by atoms with Gasteiger partial charge in [-0.05, 0) is 54.6 Å². The lowest BCUT2D eigenvalue weighted by Gasteiger charge is -2.10. The highest BCUT2D eigenvalue weighted by atomic mass is 79.9. The molecular formula is C30H18BrClF3N3O3. The molecule has 0 saturated carbocycles. The van der Waals surface area contributed by atoms with Crippen LogP contribution in [0, 0.1) is 0 Å². The summed E-state index contributed by atoms with van der Waals surface area (Å²) in [6.07, 6.45) is -3.34. The number of aromatic amines is 1. The molecule has 0 aliphatic rings. The maximum Gasteiger partial charge on any atom is 0.416 e. The molecule has 0 fully saturated rings. The fourth-order valence-electron chi connectivity index (χ4n) is 4.16. The molecule has 1 heterocycles. The molecule has 5 rings (SSSR count). The maximum absolute atomic E-state index is 13.3. The van der Waals surface area contributed by atoms with E-state index in [1.54, 1.807) is 36.4 Å². The maximum atomic E-state index is 13.3. The Morgan fingerprint density at radius 1 is 0.951 bits per heavy atom. The number of carbonyl (C=O) groups excluding carboxylic acids is 2. The second-order valence-electron chi connectivity index (χ2n) is 8.75. The van der Waals surface area contributed by atoms with Crippen molar-refractivity contribution < 1.29 is 27.5 Å². The van der Waals surface area contributed by atoms with Crippen molar-refractivity contribution in [3.05, 3.63) is 123 Å². The van der Waals surface area contributed by atoms with Crippen molar-refractivity contribution in [2.24, 2.45) is 5.10 Å². The molecule has 41 heavy (non-hydrogen) atoms. The minimum absolute atomic E-state index is 0.0418. The molecule has 0 atom stereocenters. The lowest BCUT2D eigenvalue weighted by atomic mass is 10.0. The molecule has 4 aromatic carbocycles. The highest BCUT2D eigenvalue weighted by Gasteiger charge is 2.31.